The third-order valence-corrected chi connectivity index (χ3v) is 4.43. The predicted molar refractivity (Wildman–Crippen MR) is 86.1 cm³/mol. The van der Waals surface area contributed by atoms with Crippen LogP contribution < -0.4 is 0 Å². The van der Waals surface area contributed by atoms with Gasteiger partial charge in [0.1, 0.15) is 0 Å². The zero-order valence-corrected chi connectivity index (χ0v) is 13.3. The summed E-state index contributed by atoms with van der Waals surface area (Å²) in [5.74, 6) is 0.0550. The molecule has 2 aliphatic rings. The number of carbonyl (C=O) groups is 2. The Balaban J connectivity index is 1.62. The van der Waals surface area contributed by atoms with E-state index in [-0.39, 0.29) is 5.91 Å². The second kappa shape index (κ2) is 7.57. The first-order chi connectivity index (χ1) is 11.3. The molecule has 2 aliphatic heterocycles. The molecule has 1 aromatic rings. The highest BCUT2D eigenvalue weighted by Crippen LogP contribution is 2.13. The lowest BCUT2D eigenvalue weighted by molar-refractivity contribution is -0.119. The zero-order chi connectivity index (χ0) is 16.1. The molecule has 0 spiro atoms. The van der Waals surface area contributed by atoms with Gasteiger partial charge in [-0.15, -0.1) is 0 Å². The topological polar surface area (TPSA) is 53.1 Å². The Labute approximate surface area is 136 Å². The van der Waals surface area contributed by atoms with Crippen LogP contribution in [0.3, 0.4) is 0 Å². The van der Waals surface area contributed by atoms with Gasteiger partial charge in [0.15, 0.2) is 0 Å². The van der Waals surface area contributed by atoms with E-state index in [0.29, 0.717) is 26.2 Å². The van der Waals surface area contributed by atoms with Crippen molar-refractivity contribution in [2.75, 3.05) is 52.5 Å². The SMILES string of the molecule is O=CN1CCN(C(=O)c2cccc(CN3CCOCC3)c2)CC1. The fourth-order valence-corrected chi connectivity index (χ4v) is 3.03. The van der Waals surface area contributed by atoms with Crippen molar-refractivity contribution in [3.8, 4) is 0 Å². The minimum absolute atomic E-state index is 0.0550. The molecule has 0 bridgehead atoms. The van der Waals surface area contributed by atoms with E-state index in [9.17, 15) is 9.59 Å². The zero-order valence-electron chi connectivity index (χ0n) is 13.3. The van der Waals surface area contributed by atoms with E-state index in [1.807, 2.05) is 23.1 Å². The Bertz CT molecular complexity index is 550. The van der Waals surface area contributed by atoms with Crippen molar-refractivity contribution < 1.29 is 14.3 Å². The summed E-state index contributed by atoms with van der Waals surface area (Å²) in [6.45, 7) is 6.71. The summed E-state index contributed by atoms with van der Waals surface area (Å²) < 4.78 is 5.37. The molecular formula is C17H23N3O3. The van der Waals surface area contributed by atoms with Crippen LogP contribution in [0.1, 0.15) is 15.9 Å². The third kappa shape index (κ3) is 4.09. The maximum atomic E-state index is 12.6. The summed E-state index contributed by atoms with van der Waals surface area (Å²) in [6.07, 6.45) is 0.852. The van der Waals surface area contributed by atoms with Crippen LogP contribution >= 0.6 is 0 Å². The van der Waals surface area contributed by atoms with E-state index in [4.69, 9.17) is 4.74 Å². The first-order valence-corrected chi connectivity index (χ1v) is 8.14. The highest BCUT2D eigenvalue weighted by molar-refractivity contribution is 5.94. The van der Waals surface area contributed by atoms with Gasteiger partial charge in [-0.1, -0.05) is 12.1 Å². The van der Waals surface area contributed by atoms with Crippen LogP contribution in [0.4, 0.5) is 0 Å². The van der Waals surface area contributed by atoms with Crippen LogP contribution in [0.5, 0.6) is 0 Å². The van der Waals surface area contributed by atoms with E-state index in [1.165, 1.54) is 0 Å². The lowest BCUT2D eigenvalue weighted by atomic mass is 10.1. The monoisotopic (exact) mass is 317 g/mol. The number of piperazine rings is 1. The van der Waals surface area contributed by atoms with E-state index < -0.39 is 0 Å². The first-order valence-electron chi connectivity index (χ1n) is 8.14. The van der Waals surface area contributed by atoms with Crippen LogP contribution in [0.2, 0.25) is 0 Å². The number of morpholine rings is 1. The molecule has 0 unspecified atom stereocenters. The molecule has 3 rings (SSSR count). The Morgan fingerprint density at radius 3 is 2.52 bits per heavy atom. The second-order valence-electron chi connectivity index (χ2n) is 6.02. The Morgan fingerprint density at radius 2 is 1.83 bits per heavy atom. The average molecular weight is 317 g/mol. The van der Waals surface area contributed by atoms with Gasteiger partial charge in [0.2, 0.25) is 6.41 Å². The van der Waals surface area contributed by atoms with Crippen molar-refractivity contribution in [3.05, 3.63) is 35.4 Å². The first kappa shape index (κ1) is 16.0. The molecule has 1 aromatic carbocycles. The minimum Gasteiger partial charge on any atom is -0.379 e. The van der Waals surface area contributed by atoms with Crippen LogP contribution in [0.25, 0.3) is 0 Å². The molecule has 0 radical (unpaired) electrons. The summed E-state index contributed by atoms with van der Waals surface area (Å²) in [7, 11) is 0. The molecule has 23 heavy (non-hydrogen) atoms. The predicted octanol–water partition coefficient (Wildman–Crippen LogP) is 0.433. The van der Waals surface area contributed by atoms with E-state index >= 15 is 0 Å². The number of ether oxygens (including phenoxy) is 1. The van der Waals surface area contributed by atoms with Crippen molar-refractivity contribution >= 4 is 12.3 Å². The van der Waals surface area contributed by atoms with E-state index in [2.05, 4.69) is 11.0 Å². The summed E-state index contributed by atoms with van der Waals surface area (Å²) >= 11 is 0. The van der Waals surface area contributed by atoms with Gasteiger partial charge in [-0.3, -0.25) is 14.5 Å². The molecule has 124 valence electrons. The second-order valence-corrected chi connectivity index (χ2v) is 6.02. The normalized spacial score (nSPS) is 19.7. The van der Waals surface area contributed by atoms with E-state index in [0.717, 1.165) is 50.4 Å². The van der Waals surface area contributed by atoms with E-state index in [1.54, 1.807) is 4.90 Å². The van der Waals surface area contributed by atoms with Crippen LogP contribution in [-0.2, 0) is 16.1 Å². The fraction of sp³-hybridized carbons (Fsp3) is 0.529. The fourth-order valence-electron chi connectivity index (χ4n) is 3.03. The number of benzene rings is 1. The minimum atomic E-state index is 0.0550. The van der Waals surface area contributed by atoms with Gasteiger partial charge in [-0.25, -0.2) is 0 Å². The van der Waals surface area contributed by atoms with Gasteiger partial charge >= 0.3 is 0 Å². The van der Waals surface area contributed by atoms with Gasteiger partial charge in [0, 0.05) is 51.4 Å². The highest BCUT2D eigenvalue weighted by Gasteiger charge is 2.21. The molecule has 6 heteroatoms. The number of carbonyl (C=O) groups excluding carboxylic acids is 2. The van der Waals surface area contributed by atoms with Crippen molar-refractivity contribution in [1.82, 2.24) is 14.7 Å². The molecule has 0 atom stereocenters. The average Bonchev–Trinajstić information content (AvgIpc) is 2.62. The Morgan fingerprint density at radius 1 is 1.09 bits per heavy atom. The van der Waals surface area contributed by atoms with Gasteiger partial charge in [0.05, 0.1) is 13.2 Å². The molecule has 2 saturated heterocycles. The lowest BCUT2D eigenvalue weighted by Gasteiger charge is -2.32. The molecule has 2 heterocycles. The van der Waals surface area contributed by atoms with Gasteiger partial charge < -0.3 is 14.5 Å². The maximum absolute atomic E-state index is 12.6. The van der Waals surface area contributed by atoms with Crippen molar-refractivity contribution in [2.45, 2.75) is 6.54 Å². The van der Waals surface area contributed by atoms with Crippen molar-refractivity contribution in [3.63, 3.8) is 0 Å². The van der Waals surface area contributed by atoms with Crippen molar-refractivity contribution in [1.29, 1.82) is 0 Å². The number of hydrogen-bond donors (Lipinski definition) is 0. The van der Waals surface area contributed by atoms with Gasteiger partial charge in [-0.05, 0) is 17.7 Å². The van der Waals surface area contributed by atoms with Crippen LogP contribution in [0, 0.1) is 0 Å². The number of rotatable bonds is 4. The molecule has 0 saturated carbocycles. The largest absolute Gasteiger partial charge is 0.379 e. The molecule has 6 nitrogen and oxygen atoms in total. The number of nitrogens with zero attached hydrogens (tertiary/aromatic N) is 3. The third-order valence-electron chi connectivity index (χ3n) is 4.43. The molecule has 0 aliphatic carbocycles. The quantitative estimate of drug-likeness (QED) is 0.756. The molecule has 2 amide bonds. The lowest BCUT2D eigenvalue weighted by Crippen LogP contribution is -2.48. The Kier molecular flexibility index (Phi) is 5.25. The highest BCUT2D eigenvalue weighted by atomic mass is 16.5. The standard InChI is InChI=1S/C17H23N3O3/c21-14-19-4-6-20(7-5-19)17(22)16-3-1-2-15(12-16)13-18-8-10-23-11-9-18/h1-3,12,14H,4-11,13H2. The van der Waals surface area contributed by atoms with Crippen molar-refractivity contribution in [2.24, 2.45) is 0 Å². The van der Waals surface area contributed by atoms with Crippen LogP contribution in [-0.4, -0.2) is 79.5 Å². The summed E-state index contributed by atoms with van der Waals surface area (Å²) in [5.41, 5.74) is 1.89. The van der Waals surface area contributed by atoms with Gasteiger partial charge in [0.25, 0.3) is 5.91 Å². The number of hydrogen-bond acceptors (Lipinski definition) is 4. The summed E-state index contributed by atoms with van der Waals surface area (Å²) in [6, 6.07) is 7.88. The molecule has 0 N–H and O–H groups in total. The molecule has 0 aromatic heterocycles. The van der Waals surface area contributed by atoms with Gasteiger partial charge in [-0.2, -0.15) is 0 Å². The molecule has 2 fully saturated rings. The van der Waals surface area contributed by atoms with Crippen LogP contribution in [0.15, 0.2) is 24.3 Å². The summed E-state index contributed by atoms with van der Waals surface area (Å²) in [4.78, 5) is 29.3. The smallest absolute Gasteiger partial charge is 0.253 e. The number of amides is 2. The molecular weight excluding hydrogens is 294 g/mol. The Hall–Kier alpha value is -1.92. The maximum Gasteiger partial charge on any atom is 0.253 e. The summed E-state index contributed by atoms with van der Waals surface area (Å²) in [5, 5.41) is 0.